The maximum atomic E-state index is 13.2. The lowest BCUT2D eigenvalue weighted by Crippen LogP contribution is -2.30. The predicted octanol–water partition coefficient (Wildman–Crippen LogP) is 28.0. The average molecular weight is 1610 g/mol. The number of phosphoric ester groups is 2. The molecule has 654 valence electrons. The van der Waals surface area contributed by atoms with Crippen molar-refractivity contribution < 1.29 is 80.2 Å². The molecule has 0 aliphatic carbocycles. The molecule has 0 rings (SSSR count). The Labute approximate surface area is 677 Å². The van der Waals surface area contributed by atoms with Crippen molar-refractivity contribution in [3.05, 3.63) is 0 Å². The lowest BCUT2D eigenvalue weighted by molar-refractivity contribution is -0.161. The smallest absolute Gasteiger partial charge is 0.462 e. The zero-order chi connectivity index (χ0) is 80.8. The molecule has 0 spiro atoms. The van der Waals surface area contributed by atoms with Gasteiger partial charge in [-0.15, -0.1) is 0 Å². The second kappa shape index (κ2) is 80.8. The Morgan fingerprint density at radius 1 is 0.245 bits per heavy atom. The van der Waals surface area contributed by atoms with Crippen LogP contribution in [0.1, 0.15) is 485 Å². The summed E-state index contributed by atoms with van der Waals surface area (Å²) in [6.07, 6.45) is 73.8. The van der Waals surface area contributed by atoms with Gasteiger partial charge in [0.25, 0.3) is 0 Å². The van der Waals surface area contributed by atoms with Crippen LogP contribution in [0, 0.1) is 17.8 Å². The Morgan fingerprint density at radius 2 is 0.418 bits per heavy atom. The normalized spacial score (nSPS) is 13.8. The number of carbonyl (C=O) groups is 4. The second-order valence-corrected chi connectivity index (χ2v) is 37.0. The highest BCUT2D eigenvalue weighted by Gasteiger charge is 2.31. The zero-order valence-electron chi connectivity index (χ0n) is 72.7. The molecule has 0 saturated heterocycles. The van der Waals surface area contributed by atoms with E-state index in [1.807, 2.05) is 0 Å². The van der Waals surface area contributed by atoms with Crippen LogP contribution in [0.5, 0.6) is 0 Å². The van der Waals surface area contributed by atoms with Gasteiger partial charge in [0, 0.05) is 25.7 Å². The number of aliphatic hydroxyl groups excluding tert-OH is 1. The number of phosphoric acid groups is 2. The van der Waals surface area contributed by atoms with Crippen molar-refractivity contribution in [2.45, 2.75) is 503 Å². The fourth-order valence-corrected chi connectivity index (χ4v) is 15.8. The van der Waals surface area contributed by atoms with Crippen LogP contribution in [0.25, 0.3) is 0 Å². The molecule has 0 saturated carbocycles. The first-order chi connectivity index (χ1) is 53.2. The van der Waals surface area contributed by atoms with Crippen LogP contribution in [0.15, 0.2) is 0 Å². The van der Waals surface area contributed by atoms with Gasteiger partial charge in [-0.2, -0.15) is 0 Å². The molecule has 3 N–H and O–H groups in total. The van der Waals surface area contributed by atoms with Crippen molar-refractivity contribution in [3.63, 3.8) is 0 Å². The van der Waals surface area contributed by atoms with E-state index in [0.29, 0.717) is 25.7 Å². The van der Waals surface area contributed by atoms with Gasteiger partial charge in [0.1, 0.15) is 19.3 Å². The van der Waals surface area contributed by atoms with E-state index in [1.165, 1.54) is 295 Å². The minimum absolute atomic E-state index is 0.107. The number of carbonyl (C=O) groups excluding carboxylic acids is 4. The summed E-state index contributed by atoms with van der Waals surface area (Å²) in [5.74, 6) is 0.244. The first kappa shape index (κ1) is 108. The highest BCUT2D eigenvalue weighted by molar-refractivity contribution is 7.47. The van der Waals surface area contributed by atoms with Crippen molar-refractivity contribution in [1.29, 1.82) is 0 Å². The molecule has 0 radical (unpaired) electrons. The van der Waals surface area contributed by atoms with Crippen molar-refractivity contribution in [2.75, 3.05) is 39.6 Å². The number of hydrogen-bond donors (Lipinski definition) is 3. The van der Waals surface area contributed by atoms with Gasteiger partial charge >= 0.3 is 39.5 Å². The number of rotatable bonds is 89. The number of ether oxygens (including phenoxy) is 4. The van der Waals surface area contributed by atoms with Crippen molar-refractivity contribution in [1.82, 2.24) is 0 Å². The molecule has 17 nitrogen and oxygen atoms in total. The summed E-state index contributed by atoms with van der Waals surface area (Å²) in [6.45, 7) is 12.0. The van der Waals surface area contributed by atoms with Crippen molar-refractivity contribution >= 4 is 39.5 Å². The maximum absolute atomic E-state index is 13.2. The molecule has 0 aliphatic heterocycles. The van der Waals surface area contributed by atoms with E-state index in [1.54, 1.807) is 0 Å². The highest BCUT2D eigenvalue weighted by Crippen LogP contribution is 2.45. The number of hydrogen-bond acceptors (Lipinski definition) is 15. The molecule has 0 aromatic carbocycles. The monoisotopic (exact) mass is 1610 g/mol. The highest BCUT2D eigenvalue weighted by atomic mass is 31.2. The van der Waals surface area contributed by atoms with E-state index >= 15 is 0 Å². The summed E-state index contributed by atoms with van der Waals surface area (Å²) in [5, 5.41) is 10.7. The first-order valence-corrected chi connectivity index (χ1v) is 49.8. The first-order valence-electron chi connectivity index (χ1n) is 46.8. The molecule has 19 heteroatoms. The van der Waals surface area contributed by atoms with Crippen LogP contribution < -0.4 is 0 Å². The topological polar surface area (TPSA) is 237 Å². The SMILES string of the molecule is CCCCCCCCCCCCCCCCCCCCCCCCC(=O)O[C@H](COC(=O)CCCCCCCCCCCCCCCCCCCCC(C)C)COP(=O)(O)OC[C@@H](O)COP(=O)(O)OC[C@@H](COC(=O)CCCCCCCCCCCC(C)C)OC(=O)CCCCCCCCCCCCCCC(C)C. The van der Waals surface area contributed by atoms with E-state index in [4.69, 9.17) is 37.0 Å². The van der Waals surface area contributed by atoms with Gasteiger partial charge in [0.2, 0.25) is 0 Å². The fourth-order valence-electron chi connectivity index (χ4n) is 14.3. The molecule has 0 aromatic heterocycles. The standard InChI is InChI=1S/C91H178O17P2/c1-8-9-10-11-12-13-14-15-16-17-18-19-20-21-26-29-32-38-45-53-60-67-74-90(95)107-86(78-101-88(93)72-65-58-51-44-37-31-28-25-23-22-24-27-30-35-41-48-55-62-69-82(2)3)80-105-109(97,98)103-76-85(92)77-104-110(99,100)106-81-87(79-102-89(94)73-66-59-52-47-40-43-50-57-64-71-84(6)7)108-91(96)75-68-61-54-46-39-34-33-36-42-49-56-63-70-83(4)5/h82-87,92H,8-81H2,1-7H3,(H,97,98)(H,99,100)/t85-,86-,87-/m1/s1. The van der Waals surface area contributed by atoms with E-state index in [0.717, 1.165) is 108 Å². The molecule has 0 bridgehead atoms. The summed E-state index contributed by atoms with van der Waals surface area (Å²) in [5.41, 5.74) is 0. The quantitative estimate of drug-likeness (QED) is 0.0222. The van der Waals surface area contributed by atoms with Crippen molar-refractivity contribution in [3.8, 4) is 0 Å². The largest absolute Gasteiger partial charge is 0.472 e. The number of unbranched alkanes of at least 4 members (excludes halogenated alkanes) is 57. The molecular weight excluding hydrogens is 1430 g/mol. The third-order valence-corrected chi connectivity index (χ3v) is 23.3. The molecule has 2 unspecified atom stereocenters. The van der Waals surface area contributed by atoms with Gasteiger partial charge in [-0.1, -0.05) is 434 Å². The van der Waals surface area contributed by atoms with Crippen LogP contribution in [-0.2, 0) is 65.4 Å². The molecule has 0 aromatic rings. The summed E-state index contributed by atoms with van der Waals surface area (Å²) in [7, 11) is -9.94. The van der Waals surface area contributed by atoms with Crippen LogP contribution in [0.3, 0.4) is 0 Å². The Morgan fingerprint density at radius 3 is 0.618 bits per heavy atom. The minimum Gasteiger partial charge on any atom is -0.462 e. The second-order valence-electron chi connectivity index (χ2n) is 34.1. The van der Waals surface area contributed by atoms with E-state index in [9.17, 15) is 43.2 Å². The van der Waals surface area contributed by atoms with Gasteiger partial charge in [0.05, 0.1) is 26.4 Å². The van der Waals surface area contributed by atoms with Gasteiger partial charge in [-0.05, 0) is 43.4 Å². The molecule has 5 atom stereocenters. The third-order valence-electron chi connectivity index (χ3n) is 21.4. The minimum atomic E-state index is -4.97. The maximum Gasteiger partial charge on any atom is 0.472 e. The van der Waals surface area contributed by atoms with Gasteiger partial charge in [0.15, 0.2) is 12.2 Å². The van der Waals surface area contributed by atoms with E-state index in [-0.39, 0.29) is 25.7 Å². The van der Waals surface area contributed by atoms with Gasteiger partial charge in [-0.25, -0.2) is 9.13 Å². The van der Waals surface area contributed by atoms with E-state index in [2.05, 4.69) is 48.5 Å². The van der Waals surface area contributed by atoms with Crippen molar-refractivity contribution in [2.24, 2.45) is 17.8 Å². The summed E-state index contributed by atoms with van der Waals surface area (Å²) in [6, 6.07) is 0. The van der Waals surface area contributed by atoms with Gasteiger partial charge < -0.3 is 33.8 Å². The molecule has 0 amide bonds. The summed E-state index contributed by atoms with van der Waals surface area (Å²) in [4.78, 5) is 73.4. The third kappa shape index (κ3) is 84.0. The predicted molar refractivity (Wildman–Crippen MR) is 455 cm³/mol. The lowest BCUT2D eigenvalue weighted by Gasteiger charge is -2.21. The molecule has 110 heavy (non-hydrogen) atoms. The molecule has 0 fully saturated rings. The summed E-state index contributed by atoms with van der Waals surface area (Å²) >= 11 is 0. The molecular formula is C91H178O17P2. The van der Waals surface area contributed by atoms with Crippen LogP contribution in [0.2, 0.25) is 0 Å². The Balaban J connectivity index is 5.23. The van der Waals surface area contributed by atoms with Crippen LogP contribution in [0.4, 0.5) is 0 Å². The Hall–Kier alpha value is -1.94. The lowest BCUT2D eigenvalue weighted by atomic mass is 10.0. The van der Waals surface area contributed by atoms with Crippen LogP contribution in [-0.4, -0.2) is 96.7 Å². The summed E-state index contributed by atoms with van der Waals surface area (Å²) < 4.78 is 69.1. The zero-order valence-corrected chi connectivity index (χ0v) is 74.5. The fraction of sp³-hybridized carbons (Fsp3) is 0.956. The van der Waals surface area contributed by atoms with Gasteiger partial charge in [-0.3, -0.25) is 37.3 Å². The number of esters is 4. The Bertz CT molecular complexity index is 2110. The molecule has 0 aliphatic rings. The molecule has 0 heterocycles. The average Bonchev–Trinajstić information content (AvgIpc) is 0.897. The Kier molecular flexibility index (Phi) is 79.4. The van der Waals surface area contributed by atoms with E-state index < -0.39 is 97.5 Å². The van der Waals surface area contributed by atoms with Crippen LogP contribution >= 0.6 is 15.6 Å². The number of aliphatic hydroxyl groups is 1.